The van der Waals surface area contributed by atoms with Crippen LogP contribution in [0.2, 0.25) is 0 Å². The van der Waals surface area contributed by atoms with Gasteiger partial charge in [0.25, 0.3) is 11.8 Å². The molecule has 3 amide bonds. The van der Waals surface area contributed by atoms with Gasteiger partial charge in [0.1, 0.15) is 48.9 Å². The lowest BCUT2D eigenvalue weighted by Gasteiger charge is -2.49. The van der Waals surface area contributed by atoms with E-state index in [0.717, 1.165) is 11.3 Å². The number of rotatable bonds is 11. The summed E-state index contributed by atoms with van der Waals surface area (Å²) in [5.41, 5.74) is 11.9. The van der Waals surface area contributed by atoms with Crippen LogP contribution >= 0.6 is 23.1 Å². The molecule has 2 aliphatic heterocycles. The molecule has 4 rings (SSSR count). The Morgan fingerprint density at radius 3 is 2.61 bits per heavy atom. The number of aromatic nitrogens is 1. The first-order valence-corrected chi connectivity index (χ1v) is 13.9. The summed E-state index contributed by atoms with van der Waals surface area (Å²) < 4.78 is 15.4. The van der Waals surface area contributed by atoms with Crippen LogP contribution in [0.25, 0.3) is 0 Å². The van der Waals surface area contributed by atoms with Gasteiger partial charge in [-0.3, -0.25) is 14.5 Å². The number of esters is 1. The Labute approximate surface area is 242 Å². The van der Waals surface area contributed by atoms with Gasteiger partial charge >= 0.3 is 12.1 Å². The highest BCUT2D eigenvalue weighted by molar-refractivity contribution is 8.00. The quantitative estimate of drug-likeness (QED) is 0.144. The Hall–Kier alpha value is -4.57. The number of thioether (sulfide) groups is 1. The van der Waals surface area contributed by atoms with E-state index in [-0.39, 0.29) is 35.4 Å². The molecule has 0 saturated carbocycles. The summed E-state index contributed by atoms with van der Waals surface area (Å²) in [6, 6.07) is 6.00. The number of hydrogen-bond acceptors (Lipinski definition) is 13. The molecule has 3 heterocycles. The number of carbonyl (C=O) groups is 4. The third-order valence-corrected chi connectivity index (χ3v) is 7.79. The van der Waals surface area contributed by atoms with Crippen molar-refractivity contribution < 1.29 is 38.2 Å². The third-order valence-electron chi connectivity index (χ3n) is 5.81. The average molecular weight is 603 g/mol. The van der Waals surface area contributed by atoms with Gasteiger partial charge in [-0.05, 0) is 29.3 Å². The largest absolute Gasteiger partial charge is 0.497 e. The molecule has 2 aliphatic rings. The van der Waals surface area contributed by atoms with Crippen LogP contribution in [0.15, 0.2) is 58.2 Å². The summed E-state index contributed by atoms with van der Waals surface area (Å²) in [4.78, 5) is 60.6. The Bertz CT molecular complexity index is 1420. The predicted molar refractivity (Wildman–Crippen MR) is 150 cm³/mol. The van der Waals surface area contributed by atoms with E-state index in [9.17, 15) is 19.2 Å². The predicted octanol–water partition coefficient (Wildman–Crippen LogP) is 1.13. The van der Waals surface area contributed by atoms with Crippen LogP contribution in [0.3, 0.4) is 0 Å². The number of amides is 3. The second-order valence-electron chi connectivity index (χ2n) is 8.38. The normalized spacial score (nSPS) is 18.4. The monoisotopic (exact) mass is 602 g/mol. The van der Waals surface area contributed by atoms with Gasteiger partial charge in [-0.2, -0.15) is 0 Å². The fourth-order valence-corrected chi connectivity index (χ4v) is 5.79. The zero-order valence-corrected chi connectivity index (χ0v) is 23.5. The first-order valence-electron chi connectivity index (χ1n) is 11.9. The van der Waals surface area contributed by atoms with Crippen molar-refractivity contribution in [2.45, 2.75) is 18.0 Å². The smallest absolute Gasteiger partial charge is 0.404 e. The van der Waals surface area contributed by atoms with E-state index in [1.165, 1.54) is 35.2 Å². The molecule has 1 aromatic carbocycles. The van der Waals surface area contributed by atoms with Crippen LogP contribution in [0.5, 0.6) is 5.75 Å². The number of anilines is 1. The molecule has 1 aromatic heterocycles. The molecular weight excluding hydrogens is 576 g/mol. The second kappa shape index (κ2) is 13.2. The number of primary amides is 1. The number of methoxy groups -OCH3 is 1. The standard InChI is InChI=1S/C25H26N6O8S2/c1-36-15-7-5-13(6-8-15)10-39-23(34)19-14(4-3-9-38-25(27)35)11-40-22-18(21(33)31(19)22)29-20(32)17(30-37-2)16-12-41-24(26)28-16/h3-8,12,18,22H,9-11H2,1-2H3,(H2,26,28)(H2,27,35)(H,29,32)/b4-3-,30-17-/t18-,22-/m1/s1. The number of nitrogens with two attached hydrogens (primary N) is 2. The van der Waals surface area contributed by atoms with Gasteiger partial charge in [-0.15, -0.1) is 23.1 Å². The minimum atomic E-state index is -0.960. The summed E-state index contributed by atoms with van der Waals surface area (Å²) >= 11 is 2.44. The Morgan fingerprint density at radius 1 is 1.22 bits per heavy atom. The van der Waals surface area contributed by atoms with Crippen LogP contribution in [0, 0.1) is 0 Å². The van der Waals surface area contributed by atoms with Crippen molar-refractivity contribution >= 4 is 57.8 Å². The third kappa shape index (κ3) is 6.78. The molecule has 216 valence electrons. The van der Waals surface area contributed by atoms with Crippen molar-refractivity contribution in [1.29, 1.82) is 0 Å². The summed E-state index contributed by atoms with van der Waals surface area (Å²) in [5, 5.41) is 7.56. The number of nitrogens with zero attached hydrogens (tertiary/aromatic N) is 3. The van der Waals surface area contributed by atoms with E-state index in [4.69, 9.17) is 30.5 Å². The number of thiazole rings is 1. The number of allylic oxidation sites excluding steroid dienone is 1. The van der Waals surface area contributed by atoms with E-state index < -0.39 is 35.3 Å². The minimum absolute atomic E-state index is 0.0196. The van der Waals surface area contributed by atoms with Gasteiger partial charge in [0, 0.05) is 11.1 Å². The maximum atomic E-state index is 13.3. The number of benzene rings is 1. The lowest BCUT2D eigenvalue weighted by molar-refractivity contribution is -0.153. The van der Waals surface area contributed by atoms with E-state index in [2.05, 4.69) is 15.5 Å². The molecule has 0 bridgehead atoms. The van der Waals surface area contributed by atoms with Crippen LogP contribution in [-0.2, 0) is 35.3 Å². The molecular formula is C25H26N6O8S2. The number of carbonyl (C=O) groups excluding carboxylic acids is 4. The number of nitrogens with one attached hydrogen (secondary N) is 1. The van der Waals surface area contributed by atoms with Gasteiger partial charge in [0.2, 0.25) is 0 Å². The highest BCUT2D eigenvalue weighted by Crippen LogP contribution is 2.41. The maximum absolute atomic E-state index is 13.3. The molecule has 5 N–H and O–H groups in total. The molecule has 0 unspecified atom stereocenters. The molecule has 0 spiro atoms. The molecule has 41 heavy (non-hydrogen) atoms. The van der Waals surface area contributed by atoms with Crippen LogP contribution in [-0.4, -0.2) is 77.5 Å². The van der Waals surface area contributed by atoms with Crippen molar-refractivity contribution in [3.8, 4) is 5.75 Å². The lowest BCUT2D eigenvalue weighted by Crippen LogP contribution is -2.71. The topological polar surface area (TPSA) is 198 Å². The summed E-state index contributed by atoms with van der Waals surface area (Å²) in [7, 11) is 2.82. The van der Waals surface area contributed by atoms with Gasteiger partial charge in [-0.25, -0.2) is 14.6 Å². The number of fused-ring (bicyclic) bond motifs is 1. The zero-order valence-electron chi connectivity index (χ0n) is 21.9. The molecule has 0 radical (unpaired) electrons. The van der Waals surface area contributed by atoms with Crippen molar-refractivity contribution in [1.82, 2.24) is 15.2 Å². The minimum Gasteiger partial charge on any atom is -0.497 e. The summed E-state index contributed by atoms with van der Waals surface area (Å²) in [5.74, 6) is -1.02. The molecule has 2 aromatic rings. The molecule has 0 aliphatic carbocycles. The molecule has 1 saturated heterocycles. The number of hydrogen-bond donors (Lipinski definition) is 3. The number of β-lactam (4-membered cyclic amide) rings is 1. The van der Waals surface area contributed by atoms with Crippen LogP contribution in [0.4, 0.5) is 9.93 Å². The highest BCUT2D eigenvalue weighted by atomic mass is 32.2. The van der Waals surface area contributed by atoms with E-state index in [1.54, 1.807) is 37.5 Å². The summed E-state index contributed by atoms with van der Waals surface area (Å²) in [6.07, 6.45) is 2.11. The SMILES string of the molecule is CO/N=C(\C(=O)N[C@@H]1C(=O)N2C(C(=O)OCc3ccc(OC)cc3)=C(/C=C\COC(N)=O)CS[C@H]12)c1csc(N)n1. The molecule has 16 heteroatoms. The molecule has 1 fully saturated rings. The fourth-order valence-electron chi connectivity index (χ4n) is 3.92. The Morgan fingerprint density at radius 2 is 1.98 bits per heavy atom. The van der Waals surface area contributed by atoms with Crippen molar-refractivity contribution in [3.05, 3.63) is 64.3 Å². The van der Waals surface area contributed by atoms with Crippen molar-refractivity contribution in [3.63, 3.8) is 0 Å². The van der Waals surface area contributed by atoms with Crippen molar-refractivity contribution in [2.24, 2.45) is 10.9 Å². The maximum Gasteiger partial charge on any atom is 0.404 e. The molecule has 2 atom stereocenters. The fraction of sp³-hybridized carbons (Fsp3) is 0.280. The van der Waals surface area contributed by atoms with Gasteiger partial charge in [0.05, 0.1) is 7.11 Å². The van der Waals surface area contributed by atoms with E-state index in [1.807, 2.05) is 0 Å². The Kier molecular flexibility index (Phi) is 9.46. The van der Waals surface area contributed by atoms with E-state index in [0.29, 0.717) is 22.6 Å². The average Bonchev–Trinajstić information content (AvgIpc) is 3.40. The number of nitrogen functional groups attached to an aromatic ring is 1. The van der Waals surface area contributed by atoms with E-state index >= 15 is 0 Å². The second-order valence-corrected chi connectivity index (χ2v) is 10.4. The van der Waals surface area contributed by atoms with Crippen LogP contribution in [0.1, 0.15) is 11.3 Å². The number of oxime groups is 1. The zero-order chi connectivity index (χ0) is 29.5. The van der Waals surface area contributed by atoms with Crippen LogP contribution < -0.4 is 21.5 Å². The van der Waals surface area contributed by atoms with Gasteiger partial charge in [0.15, 0.2) is 10.8 Å². The summed E-state index contributed by atoms with van der Waals surface area (Å²) in [6.45, 7) is -0.182. The lowest BCUT2D eigenvalue weighted by atomic mass is 10.0. The highest BCUT2D eigenvalue weighted by Gasteiger charge is 2.54. The van der Waals surface area contributed by atoms with Gasteiger partial charge < -0.3 is 35.8 Å². The Balaban J connectivity index is 1.52. The first kappa shape index (κ1) is 29.4. The van der Waals surface area contributed by atoms with Gasteiger partial charge in [-0.1, -0.05) is 23.4 Å². The number of ether oxygens (including phenoxy) is 3. The molecule has 14 nitrogen and oxygen atoms in total. The first-order chi connectivity index (χ1) is 19.7. The van der Waals surface area contributed by atoms with Crippen molar-refractivity contribution in [2.75, 3.05) is 32.3 Å².